The summed E-state index contributed by atoms with van der Waals surface area (Å²) in [6.45, 7) is 0. The molecule has 2 heterocycles. The van der Waals surface area contributed by atoms with Crippen molar-refractivity contribution in [3.63, 3.8) is 0 Å². The summed E-state index contributed by atoms with van der Waals surface area (Å²) in [6.07, 6.45) is 1.72. The Morgan fingerprint density at radius 3 is 1.72 bits per heavy atom. The Bertz CT molecular complexity index is 1370. The number of carbonyl (C=O) groups is 2. The van der Waals surface area contributed by atoms with E-state index in [0.29, 0.717) is 22.3 Å². The van der Waals surface area contributed by atoms with E-state index in [1.165, 1.54) is 0 Å². The van der Waals surface area contributed by atoms with Crippen LogP contribution in [0.3, 0.4) is 0 Å². The predicted molar refractivity (Wildman–Crippen MR) is 121 cm³/mol. The molecule has 32 heavy (non-hydrogen) atoms. The Kier molecular flexibility index (Phi) is 6.99. The van der Waals surface area contributed by atoms with Gasteiger partial charge in [0.1, 0.15) is 5.92 Å². The van der Waals surface area contributed by atoms with Gasteiger partial charge in [0.25, 0.3) is 0 Å². The molecule has 5 heteroatoms. The Morgan fingerprint density at radius 1 is 0.594 bits per heavy atom. The summed E-state index contributed by atoms with van der Waals surface area (Å²) in [7, 11) is 0. The van der Waals surface area contributed by atoms with Gasteiger partial charge in [-0.1, -0.05) is 84.9 Å². The molecule has 0 saturated carbocycles. The van der Waals surface area contributed by atoms with Crippen molar-refractivity contribution in [1.82, 2.24) is 9.97 Å². The van der Waals surface area contributed by atoms with Crippen LogP contribution >= 0.6 is 0 Å². The van der Waals surface area contributed by atoms with E-state index in [0.717, 1.165) is 16.3 Å². The van der Waals surface area contributed by atoms with E-state index in [4.69, 9.17) is 4.98 Å². The van der Waals surface area contributed by atoms with E-state index in [9.17, 15) is 9.59 Å². The third-order valence-corrected chi connectivity index (χ3v) is 5.39. The SMILES string of the molecule is O=C(c1ccccc1)C(C(=O)c1ccccc1)c1ccc2ccc3cccnc3c2n1.[Eu]. The normalized spacial score (nSPS) is 10.8. The van der Waals surface area contributed by atoms with Crippen molar-refractivity contribution in [2.75, 3.05) is 0 Å². The molecular formula is C27H18EuN2O2. The smallest absolute Gasteiger partial charge is 0.179 e. The van der Waals surface area contributed by atoms with Gasteiger partial charge in [0.2, 0.25) is 0 Å². The Labute approximate surface area is 226 Å². The first-order valence-electron chi connectivity index (χ1n) is 10.1. The monoisotopic (exact) mass is 555 g/mol. The quantitative estimate of drug-likeness (QED) is 0.161. The first kappa shape index (κ1) is 22.6. The second-order valence-electron chi connectivity index (χ2n) is 7.34. The molecule has 0 aliphatic heterocycles. The number of hydrogen-bond donors (Lipinski definition) is 0. The van der Waals surface area contributed by atoms with E-state index >= 15 is 0 Å². The van der Waals surface area contributed by atoms with Crippen LogP contribution in [0.5, 0.6) is 0 Å². The number of pyridine rings is 2. The van der Waals surface area contributed by atoms with Gasteiger partial charge in [0.15, 0.2) is 11.6 Å². The molecule has 0 N–H and O–H groups in total. The maximum Gasteiger partial charge on any atom is 0.179 e. The summed E-state index contributed by atoms with van der Waals surface area (Å²) in [4.78, 5) is 36.2. The molecule has 3 aromatic carbocycles. The summed E-state index contributed by atoms with van der Waals surface area (Å²) in [6, 6.07) is 29.3. The molecule has 4 nitrogen and oxygen atoms in total. The zero-order valence-electron chi connectivity index (χ0n) is 17.0. The molecule has 155 valence electrons. The number of fused-ring (bicyclic) bond motifs is 3. The van der Waals surface area contributed by atoms with E-state index in [-0.39, 0.29) is 60.9 Å². The van der Waals surface area contributed by atoms with Gasteiger partial charge in [-0.25, -0.2) is 4.98 Å². The molecule has 2 aromatic heterocycles. The fourth-order valence-corrected chi connectivity index (χ4v) is 3.83. The Morgan fingerprint density at radius 2 is 1.12 bits per heavy atom. The molecule has 0 aliphatic rings. The van der Waals surface area contributed by atoms with Gasteiger partial charge < -0.3 is 0 Å². The second kappa shape index (κ2) is 9.91. The van der Waals surface area contributed by atoms with E-state index < -0.39 is 5.92 Å². The Balaban J connectivity index is 0.00000245. The van der Waals surface area contributed by atoms with Crippen molar-refractivity contribution in [1.29, 1.82) is 0 Å². The summed E-state index contributed by atoms with van der Waals surface area (Å²) >= 11 is 0. The van der Waals surface area contributed by atoms with Crippen LogP contribution in [0.2, 0.25) is 0 Å². The topological polar surface area (TPSA) is 59.9 Å². The van der Waals surface area contributed by atoms with Crippen LogP contribution in [-0.2, 0) is 0 Å². The van der Waals surface area contributed by atoms with Crippen molar-refractivity contribution < 1.29 is 59.0 Å². The predicted octanol–water partition coefficient (Wildman–Crippen LogP) is 5.63. The van der Waals surface area contributed by atoms with Gasteiger partial charge in [-0.05, 0) is 12.1 Å². The number of Topliss-reactive ketones (excluding diaryl/α,β-unsaturated/α-hetero) is 2. The van der Waals surface area contributed by atoms with Gasteiger partial charge in [0.05, 0.1) is 16.7 Å². The minimum absolute atomic E-state index is 0. The molecule has 0 unspecified atom stereocenters. The first-order valence-corrected chi connectivity index (χ1v) is 10.1. The maximum absolute atomic E-state index is 13.5. The second-order valence-corrected chi connectivity index (χ2v) is 7.34. The fourth-order valence-electron chi connectivity index (χ4n) is 3.83. The van der Waals surface area contributed by atoms with E-state index in [1.54, 1.807) is 60.8 Å². The molecule has 5 aromatic rings. The van der Waals surface area contributed by atoms with Crippen molar-refractivity contribution in [3.8, 4) is 0 Å². The third kappa shape index (κ3) is 4.33. The van der Waals surface area contributed by atoms with Crippen molar-refractivity contribution in [2.45, 2.75) is 5.92 Å². The van der Waals surface area contributed by atoms with Crippen LogP contribution in [0.1, 0.15) is 32.3 Å². The van der Waals surface area contributed by atoms with Gasteiger partial charge in [0, 0.05) is 77.5 Å². The van der Waals surface area contributed by atoms with Crippen LogP contribution in [0.4, 0.5) is 0 Å². The maximum atomic E-state index is 13.5. The molecule has 0 aliphatic carbocycles. The minimum Gasteiger partial charge on any atom is -0.293 e. The number of ketones is 2. The molecule has 0 saturated heterocycles. The molecule has 0 spiro atoms. The van der Waals surface area contributed by atoms with Crippen molar-refractivity contribution in [3.05, 3.63) is 120 Å². The van der Waals surface area contributed by atoms with Crippen LogP contribution < -0.4 is 0 Å². The summed E-state index contributed by atoms with van der Waals surface area (Å²) < 4.78 is 0. The van der Waals surface area contributed by atoms with E-state index in [2.05, 4.69) is 4.98 Å². The van der Waals surface area contributed by atoms with Crippen LogP contribution in [0, 0.1) is 49.4 Å². The van der Waals surface area contributed by atoms with Crippen molar-refractivity contribution in [2.24, 2.45) is 0 Å². The van der Waals surface area contributed by atoms with Gasteiger partial charge in [-0.2, -0.15) is 0 Å². The Hall–Kier alpha value is -2.60. The average molecular weight is 554 g/mol. The molecule has 0 bridgehead atoms. The summed E-state index contributed by atoms with van der Waals surface area (Å²) in [5.74, 6) is -1.57. The number of hydrogen-bond acceptors (Lipinski definition) is 4. The van der Waals surface area contributed by atoms with Gasteiger partial charge >= 0.3 is 0 Å². The number of nitrogens with zero attached hydrogens (tertiary/aromatic N) is 2. The first-order chi connectivity index (χ1) is 15.2. The standard InChI is InChI=1S/C27H18N2O2.Eu/c30-26(20-8-3-1-4-9-20)23(27(31)21-10-5-2-6-11-21)22-16-15-19-14-13-18-12-7-17-28-24(18)25(19)29-22;/h1-17,23H;. The number of rotatable bonds is 5. The zero-order valence-corrected chi connectivity index (χ0v) is 19.4. The average Bonchev–Trinajstić information content (AvgIpc) is 2.85. The van der Waals surface area contributed by atoms with Crippen LogP contribution in [0.25, 0.3) is 21.8 Å². The van der Waals surface area contributed by atoms with E-state index in [1.807, 2.05) is 42.5 Å². The molecule has 1 radical (unpaired) electrons. The molecule has 0 amide bonds. The zero-order chi connectivity index (χ0) is 21.2. The van der Waals surface area contributed by atoms with Gasteiger partial charge in [-0.15, -0.1) is 0 Å². The number of benzene rings is 3. The summed E-state index contributed by atoms with van der Waals surface area (Å²) in [5, 5.41) is 1.87. The minimum atomic E-state index is -1.03. The third-order valence-electron chi connectivity index (χ3n) is 5.39. The summed E-state index contributed by atoms with van der Waals surface area (Å²) in [5.41, 5.74) is 2.82. The fraction of sp³-hybridized carbons (Fsp3) is 0.0370. The van der Waals surface area contributed by atoms with Crippen molar-refractivity contribution >= 4 is 33.4 Å². The molecule has 0 atom stereocenters. The number of carbonyl (C=O) groups excluding carboxylic acids is 2. The largest absolute Gasteiger partial charge is 0.293 e. The number of aromatic nitrogens is 2. The van der Waals surface area contributed by atoms with Crippen LogP contribution in [0.15, 0.2) is 103 Å². The molecule has 0 fully saturated rings. The molecule has 5 rings (SSSR count). The van der Waals surface area contributed by atoms with Gasteiger partial charge in [-0.3, -0.25) is 14.6 Å². The molecular weight excluding hydrogens is 536 g/mol. The van der Waals surface area contributed by atoms with Crippen LogP contribution in [-0.4, -0.2) is 21.5 Å².